The van der Waals surface area contributed by atoms with E-state index in [1.54, 1.807) is 30.8 Å². The van der Waals surface area contributed by atoms with E-state index in [0.29, 0.717) is 12.2 Å². The molecule has 1 fully saturated rings. The van der Waals surface area contributed by atoms with Crippen LogP contribution in [0.1, 0.15) is 18.9 Å². The molecule has 1 aromatic carbocycles. The summed E-state index contributed by atoms with van der Waals surface area (Å²) in [6, 6.07) is 10.4. The Morgan fingerprint density at radius 1 is 1.31 bits per heavy atom. The maximum atomic E-state index is 12.5. The van der Waals surface area contributed by atoms with Gasteiger partial charge in [0.1, 0.15) is 0 Å². The van der Waals surface area contributed by atoms with Crippen LogP contribution in [-0.4, -0.2) is 28.7 Å². The molecule has 4 rings (SSSR count). The number of carbonyl (C=O) groups excluding carboxylic acids is 1. The van der Waals surface area contributed by atoms with E-state index >= 15 is 0 Å². The van der Waals surface area contributed by atoms with E-state index in [1.165, 1.54) is 9.60 Å². The van der Waals surface area contributed by atoms with Gasteiger partial charge in [-0.3, -0.25) is 20.1 Å². The van der Waals surface area contributed by atoms with Crippen molar-refractivity contribution in [2.24, 2.45) is 0 Å². The predicted octanol–water partition coefficient (Wildman–Crippen LogP) is 3.72. The first-order chi connectivity index (χ1) is 12.5. The minimum Gasteiger partial charge on any atom is -0.354 e. The van der Waals surface area contributed by atoms with Crippen LogP contribution in [0.25, 0.3) is 21.2 Å². The molecule has 0 saturated carbocycles. The quantitative estimate of drug-likeness (QED) is 0.683. The Bertz CT molecular complexity index is 1050. The number of aromatic nitrogens is 1. The predicted molar refractivity (Wildman–Crippen MR) is 104 cm³/mol. The molecule has 0 unspecified atom stereocenters. The van der Waals surface area contributed by atoms with Gasteiger partial charge in [0.25, 0.3) is 0 Å². The van der Waals surface area contributed by atoms with Crippen molar-refractivity contribution in [3.05, 3.63) is 59.5 Å². The number of pyridine rings is 1. The maximum Gasteiger partial charge on any atom is 0.231 e. The molecule has 2 aromatic heterocycles. The molecule has 0 bridgehead atoms. The highest BCUT2D eigenvalue weighted by atomic mass is 32.1. The molecule has 3 heterocycles. The molecule has 0 spiro atoms. The fourth-order valence-corrected chi connectivity index (χ4v) is 4.29. The lowest BCUT2D eigenvalue weighted by Gasteiger charge is -2.40. The van der Waals surface area contributed by atoms with Crippen LogP contribution < -0.4 is 5.32 Å². The molecule has 26 heavy (non-hydrogen) atoms. The first kappa shape index (κ1) is 16.5. The van der Waals surface area contributed by atoms with Crippen molar-refractivity contribution in [3.63, 3.8) is 0 Å². The SMILES string of the molecule is CN1C(=O)C[C@@](C)(c2cc(-c3ccncc3)c3sccc3c2)NC1=C=N. The van der Waals surface area contributed by atoms with Gasteiger partial charge < -0.3 is 5.32 Å². The summed E-state index contributed by atoms with van der Waals surface area (Å²) in [4.78, 5) is 18.0. The molecule has 0 aliphatic carbocycles. The zero-order valence-corrected chi connectivity index (χ0v) is 15.4. The van der Waals surface area contributed by atoms with Gasteiger partial charge in [0.2, 0.25) is 5.91 Å². The van der Waals surface area contributed by atoms with E-state index in [4.69, 9.17) is 5.41 Å². The maximum absolute atomic E-state index is 12.5. The van der Waals surface area contributed by atoms with E-state index < -0.39 is 5.54 Å². The number of carbonyl (C=O) groups is 1. The monoisotopic (exact) mass is 362 g/mol. The molecule has 6 heteroatoms. The summed E-state index contributed by atoms with van der Waals surface area (Å²) in [5, 5.41) is 14.0. The van der Waals surface area contributed by atoms with Crippen molar-refractivity contribution >= 4 is 33.2 Å². The number of rotatable bonds is 2. The molecule has 3 aromatic rings. The zero-order valence-electron chi connectivity index (χ0n) is 14.5. The van der Waals surface area contributed by atoms with Gasteiger partial charge in [-0.05, 0) is 64.7 Å². The Hall–Kier alpha value is -2.95. The van der Waals surface area contributed by atoms with Crippen LogP contribution in [0.3, 0.4) is 0 Å². The van der Waals surface area contributed by atoms with E-state index in [-0.39, 0.29) is 5.91 Å². The third-order valence-corrected chi connectivity index (χ3v) is 5.87. The van der Waals surface area contributed by atoms with Crippen LogP contribution in [0, 0.1) is 5.41 Å². The van der Waals surface area contributed by atoms with Crippen molar-refractivity contribution in [1.82, 2.24) is 15.2 Å². The third kappa shape index (κ3) is 2.60. The van der Waals surface area contributed by atoms with Crippen LogP contribution in [0.4, 0.5) is 0 Å². The summed E-state index contributed by atoms with van der Waals surface area (Å²) in [5.74, 6) is 2.70. The first-order valence-corrected chi connectivity index (χ1v) is 9.16. The third-order valence-electron chi connectivity index (χ3n) is 4.91. The molecule has 1 amide bonds. The summed E-state index contributed by atoms with van der Waals surface area (Å²) in [7, 11) is 1.66. The van der Waals surface area contributed by atoms with E-state index in [0.717, 1.165) is 22.1 Å². The Balaban J connectivity index is 1.90. The first-order valence-electron chi connectivity index (χ1n) is 8.28. The molecule has 1 aliphatic heterocycles. The van der Waals surface area contributed by atoms with Crippen molar-refractivity contribution in [1.29, 1.82) is 5.41 Å². The highest BCUT2D eigenvalue weighted by Gasteiger charge is 2.38. The van der Waals surface area contributed by atoms with Gasteiger partial charge in [-0.15, -0.1) is 11.3 Å². The molecule has 5 nitrogen and oxygen atoms in total. The Morgan fingerprint density at radius 2 is 2.08 bits per heavy atom. The Morgan fingerprint density at radius 3 is 2.81 bits per heavy atom. The van der Waals surface area contributed by atoms with Gasteiger partial charge in [-0.1, -0.05) is 0 Å². The second kappa shape index (κ2) is 6.09. The number of nitrogens with one attached hydrogen (secondary N) is 2. The van der Waals surface area contributed by atoms with Gasteiger partial charge in [-0.2, -0.15) is 0 Å². The molecule has 0 radical (unpaired) electrons. The summed E-state index contributed by atoms with van der Waals surface area (Å²) in [6.45, 7) is 2.00. The number of thiophene rings is 1. The van der Waals surface area contributed by atoms with Gasteiger partial charge in [-0.25, -0.2) is 0 Å². The molecule has 2 N–H and O–H groups in total. The van der Waals surface area contributed by atoms with Gasteiger partial charge in [0.15, 0.2) is 5.82 Å². The lowest BCUT2D eigenvalue weighted by atomic mass is 9.84. The minimum absolute atomic E-state index is 0.0307. The number of fused-ring (bicyclic) bond motifs is 1. The van der Waals surface area contributed by atoms with Crippen LogP contribution in [0.2, 0.25) is 0 Å². The van der Waals surface area contributed by atoms with Crippen LogP contribution in [0.5, 0.6) is 0 Å². The lowest BCUT2D eigenvalue weighted by molar-refractivity contribution is -0.132. The molecular formula is C20H18N4OS. The van der Waals surface area contributed by atoms with Crippen molar-refractivity contribution in [2.45, 2.75) is 18.9 Å². The number of hydrogen-bond donors (Lipinski definition) is 2. The number of benzene rings is 1. The topological polar surface area (TPSA) is 69.1 Å². The average Bonchev–Trinajstić information content (AvgIpc) is 3.13. The summed E-state index contributed by atoms with van der Waals surface area (Å²) in [6.07, 6.45) is 3.90. The van der Waals surface area contributed by atoms with E-state index in [1.807, 2.05) is 19.1 Å². The fourth-order valence-electron chi connectivity index (χ4n) is 3.37. The largest absolute Gasteiger partial charge is 0.354 e. The summed E-state index contributed by atoms with van der Waals surface area (Å²) >= 11 is 1.71. The molecule has 1 atom stereocenters. The van der Waals surface area contributed by atoms with Gasteiger partial charge >= 0.3 is 0 Å². The van der Waals surface area contributed by atoms with Crippen molar-refractivity contribution in [2.75, 3.05) is 7.05 Å². The van der Waals surface area contributed by atoms with Crippen LogP contribution >= 0.6 is 11.3 Å². The molecular weight excluding hydrogens is 344 g/mol. The smallest absolute Gasteiger partial charge is 0.231 e. The standard InChI is InChI=1S/C20H18N4OS/c1-20(11-18(25)24(2)17(12-21)23-20)15-9-14-5-8-26-19(14)16(10-15)13-3-6-22-7-4-13/h3-10,21,23H,11H2,1-2H3/t20-/m0/s1. The second-order valence-corrected chi connectivity index (χ2v) is 7.58. The van der Waals surface area contributed by atoms with Crippen molar-refractivity contribution < 1.29 is 4.79 Å². The summed E-state index contributed by atoms with van der Waals surface area (Å²) in [5.41, 5.74) is 2.65. The van der Waals surface area contributed by atoms with Gasteiger partial charge in [0, 0.05) is 30.0 Å². The number of nitrogens with zero attached hydrogens (tertiary/aromatic N) is 2. The van der Waals surface area contributed by atoms with Gasteiger partial charge in [0.05, 0.1) is 12.0 Å². The van der Waals surface area contributed by atoms with Crippen LogP contribution in [-0.2, 0) is 10.3 Å². The number of hydrogen-bond acceptors (Lipinski definition) is 5. The Labute approximate surface area is 155 Å². The molecule has 130 valence electrons. The van der Waals surface area contributed by atoms with Crippen LogP contribution in [0.15, 0.2) is 53.9 Å². The van der Waals surface area contributed by atoms with Crippen molar-refractivity contribution in [3.8, 4) is 11.1 Å². The minimum atomic E-state index is -0.592. The zero-order chi connectivity index (χ0) is 18.3. The number of amides is 1. The highest BCUT2D eigenvalue weighted by Crippen LogP contribution is 2.39. The lowest BCUT2D eigenvalue weighted by Crippen LogP contribution is -2.53. The highest BCUT2D eigenvalue weighted by molar-refractivity contribution is 7.17. The normalized spacial score (nSPS) is 20.2. The average molecular weight is 362 g/mol. The second-order valence-electron chi connectivity index (χ2n) is 6.66. The Kier molecular flexibility index (Phi) is 3.87. The fraction of sp³-hybridized carbons (Fsp3) is 0.200. The van der Waals surface area contributed by atoms with E-state index in [2.05, 4.69) is 39.7 Å². The summed E-state index contributed by atoms with van der Waals surface area (Å²) < 4.78 is 1.21. The molecule has 1 aliphatic rings. The molecule has 1 saturated heterocycles. The van der Waals surface area contributed by atoms with E-state index in [9.17, 15) is 4.79 Å².